The van der Waals surface area contributed by atoms with E-state index < -0.39 is 0 Å². The minimum Gasteiger partial charge on any atom is -0.385 e. The van der Waals surface area contributed by atoms with Gasteiger partial charge in [0.1, 0.15) is 0 Å². The Morgan fingerprint density at radius 2 is 1.75 bits per heavy atom. The molecule has 0 aromatic rings. The third-order valence-electron chi connectivity index (χ3n) is 2.30. The van der Waals surface area contributed by atoms with E-state index in [0.29, 0.717) is 18.0 Å². The predicted octanol–water partition coefficient (Wildman–Crippen LogP) is 2.05. The van der Waals surface area contributed by atoms with E-state index in [1.54, 1.807) is 7.11 Å². The molecular weight excluding hydrogens is 150 g/mol. The number of nitrogens with one attached hydrogen (secondary N) is 1. The summed E-state index contributed by atoms with van der Waals surface area (Å²) in [5.74, 6) is 0.704. The van der Waals surface area contributed by atoms with Crippen LogP contribution >= 0.6 is 0 Å². The Kier molecular flexibility index (Phi) is 6.39. The van der Waals surface area contributed by atoms with Gasteiger partial charge in [-0.15, -0.1) is 0 Å². The van der Waals surface area contributed by atoms with Crippen molar-refractivity contribution in [3.63, 3.8) is 0 Å². The van der Waals surface area contributed by atoms with Gasteiger partial charge in [0.2, 0.25) is 0 Å². The molecule has 0 bridgehead atoms. The molecule has 12 heavy (non-hydrogen) atoms. The van der Waals surface area contributed by atoms with Gasteiger partial charge in [-0.2, -0.15) is 0 Å². The zero-order valence-electron chi connectivity index (χ0n) is 9.05. The van der Waals surface area contributed by atoms with Crippen LogP contribution in [-0.2, 0) is 4.74 Å². The average Bonchev–Trinajstić information content (AvgIpc) is 2.00. The Labute approximate surface area is 76.7 Å². The molecule has 0 heterocycles. The number of hydrogen-bond donors (Lipinski definition) is 1. The monoisotopic (exact) mass is 173 g/mol. The van der Waals surface area contributed by atoms with Gasteiger partial charge in [0.25, 0.3) is 0 Å². The lowest BCUT2D eigenvalue weighted by Gasteiger charge is -2.22. The summed E-state index contributed by atoms with van der Waals surface area (Å²) in [5, 5.41) is 3.53. The molecule has 1 N–H and O–H groups in total. The summed E-state index contributed by atoms with van der Waals surface area (Å²) in [4.78, 5) is 0. The lowest BCUT2D eigenvalue weighted by atomic mass is 10.1. The number of ether oxygens (including phenoxy) is 1. The average molecular weight is 173 g/mol. The molecule has 0 aromatic carbocycles. The SMILES string of the molecule is COCCC(C)NC(C)C(C)C. The molecule has 0 radical (unpaired) electrons. The van der Waals surface area contributed by atoms with Gasteiger partial charge in [-0.3, -0.25) is 0 Å². The minimum atomic E-state index is 0.558. The topological polar surface area (TPSA) is 21.3 Å². The fraction of sp³-hybridized carbons (Fsp3) is 1.00. The second kappa shape index (κ2) is 6.44. The zero-order chi connectivity index (χ0) is 9.56. The van der Waals surface area contributed by atoms with Crippen molar-refractivity contribution < 1.29 is 4.74 Å². The van der Waals surface area contributed by atoms with Crippen LogP contribution in [0.1, 0.15) is 34.1 Å². The van der Waals surface area contributed by atoms with E-state index in [0.717, 1.165) is 13.0 Å². The first-order valence-corrected chi connectivity index (χ1v) is 4.83. The second-order valence-electron chi connectivity index (χ2n) is 3.88. The van der Waals surface area contributed by atoms with Gasteiger partial charge in [-0.05, 0) is 26.2 Å². The molecule has 0 fully saturated rings. The van der Waals surface area contributed by atoms with Gasteiger partial charge in [0.05, 0.1) is 0 Å². The van der Waals surface area contributed by atoms with Gasteiger partial charge >= 0.3 is 0 Å². The van der Waals surface area contributed by atoms with E-state index >= 15 is 0 Å². The number of methoxy groups -OCH3 is 1. The highest BCUT2D eigenvalue weighted by molar-refractivity contribution is 4.69. The molecule has 0 aliphatic rings. The molecule has 0 spiro atoms. The lowest BCUT2D eigenvalue weighted by molar-refractivity contribution is 0.181. The van der Waals surface area contributed by atoms with Crippen molar-refractivity contribution in [2.45, 2.75) is 46.2 Å². The number of hydrogen-bond acceptors (Lipinski definition) is 2. The first-order valence-electron chi connectivity index (χ1n) is 4.83. The van der Waals surface area contributed by atoms with Gasteiger partial charge in [-0.1, -0.05) is 13.8 Å². The third kappa shape index (κ3) is 5.56. The van der Waals surface area contributed by atoms with Crippen LogP contribution in [0.3, 0.4) is 0 Å². The van der Waals surface area contributed by atoms with E-state index in [1.807, 2.05) is 0 Å². The summed E-state index contributed by atoms with van der Waals surface area (Å²) in [6.45, 7) is 9.76. The Morgan fingerprint density at radius 3 is 2.17 bits per heavy atom. The Balaban J connectivity index is 3.47. The van der Waals surface area contributed by atoms with Crippen LogP contribution in [0.25, 0.3) is 0 Å². The van der Waals surface area contributed by atoms with Gasteiger partial charge in [-0.25, -0.2) is 0 Å². The van der Waals surface area contributed by atoms with Gasteiger partial charge in [0.15, 0.2) is 0 Å². The van der Waals surface area contributed by atoms with Crippen LogP contribution in [0.2, 0.25) is 0 Å². The minimum absolute atomic E-state index is 0.558. The van der Waals surface area contributed by atoms with Crippen LogP contribution < -0.4 is 5.32 Å². The lowest BCUT2D eigenvalue weighted by Crippen LogP contribution is -2.38. The molecule has 0 aromatic heterocycles. The highest BCUT2D eigenvalue weighted by Crippen LogP contribution is 2.02. The highest BCUT2D eigenvalue weighted by Gasteiger charge is 2.09. The quantitative estimate of drug-likeness (QED) is 0.663. The molecule has 0 aliphatic heterocycles. The van der Waals surface area contributed by atoms with Crippen LogP contribution in [0.15, 0.2) is 0 Å². The van der Waals surface area contributed by atoms with Crippen molar-refractivity contribution >= 4 is 0 Å². The van der Waals surface area contributed by atoms with Gasteiger partial charge < -0.3 is 10.1 Å². The van der Waals surface area contributed by atoms with Crippen LogP contribution in [-0.4, -0.2) is 25.8 Å². The summed E-state index contributed by atoms with van der Waals surface area (Å²) in [6, 6.07) is 1.15. The largest absolute Gasteiger partial charge is 0.385 e. The molecular formula is C10H23NO. The molecule has 2 atom stereocenters. The zero-order valence-corrected chi connectivity index (χ0v) is 9.05. The smallest absolute Gasteiger partial charge is 0.0476 e. The maximum absolute atomic E-state index is 5.01. The molecule has 0 aliphatic carbocycles. The van der Waals surface area contributed by atoms with Crippen molar-refractivity contribution in [2.24, 2.45) is 5.92 Å². The number of rotatable bonds is 6. The third-order valence-corrected chi connectivity index (χ3v) is 2.30. The normalized spacial score (nSPS) is 16.5. The van der Waals surface area contributed by atoms with E-state index in [-0.39, 0.29) is 0 Å². The van der Waals surface area contributed by atoms with E-state index in [9.17, 15) is 0 Å². The van der Waals surface area contributed by atoms with E-state index in [1.165, 1.54) is 0 Å². The maximum Gasteiger partial charge on any atom is 0.0476 e. The predicted molar refractivity (Wildman–Crippen MR) is 53.4 cm³/mol. The van der Waals surface area contributed by atoms with Crippen molar-refractivity contribution in [3.05, 3.63) is 0 Å². The first kappa shape index (κ1) is 11.9. The molecule has 0 amide bonds. The molecule has 2 unspecified atom stereocenters. The summed E-state index contributed by atoms with van der Waals surface area (Å²) >= 11 is 0. The van der Waals surface area contributed by atoms with Crippen molar-refractivity contribution in [1.29, 1.82) is 0 Å². The van der Waals surface area contributed by atoms with E-state index in [2.05, 4.69) is 33.0 Å². The summed E-state index contributed by atoms with van der Waals surface area (Å²) in [5.41, 5.74) is 0. The maximum atomic E-state index is 5.01. The van der Waals surface area contributed by atoms with Crippen LogP contribution in [0.4, 0.5) is 0 Å². The molecule has 2 nitrogen and oxygen atoms in total. The second-order valence-corrected chi connectivity index (χ2v) is 3.88. The van der Waals surface area contributed by atoms with Crippen LogP contribution in [0, 0.1) is 5.92 Å². The summed E-state index contributed by atoms with van der Waals surface area (Å²) in [7, 11) is 1.75. The van der Waals surface area contributed by atoms with Crippen molar-refractivity contribution in [2.75, 3.05) is 13.7 Å². The van der Waals surface area contributed by atoms with Gasteiger partial charge in [0, 0.05) is 25.8 Å². The Hall–Kier alpha value is -0.0800. The fourth-order valence-electron chi connectivity index (χ4n) is 1.02. The van der Waals surface area contributed by atoms with E-state index in [4.69, 9.17) is 4.74 Å². The Morgan fingerprint density at radius 1 is 1.17 bits per heavy atom. The molecule has 0 saturated heterocycles. The first-order chi connectivity index (χ1) is 5.57. The molecule has 74 valence electrons. The van der Waals surface area contributed by atoms with Crippen molar-refractivity contribution in [3.8, 4) is 0 Å². The summed E-state index contributed by atoms with van der Waals surface area (Å²) < 4.78 is 5.01. The summed E-state index contributed by atoms with van der Waals surface area (Å²) in [6.07, 6.45) is 1.09. The van der Waals surface area contributed by atoms with Crippen molar-refractivity contribution in [1.82, 2.24) is 5.32 Å². The van der Waals surface area contributed by atoms with Crippen LogP contribution in [0.5, 0.6) is 0 Å². The fourth-order valence-corrected chi connectivity index (χ4v) is 1.02. The molecule has 0 saturated carbocycles. The Bertz CT molecular complexity index is 104. The molecule has 2 heteroatoms. The molecule has 0 rings (SSSR count). The standard InChI is InChI=1S/C10H23NO/c1-8(2)10(4)11-9(3)6-7-12-5/h8-11H,6-7H2,1-5H3. The highest BCUT2D eigenvalue weighted by atomic mass is 16.5.